The molecule has 1 aliphatic carbocycles. The number of aliphatic imine (C=N–C) groups is 1. The summed E-state index contributed by atoms with van der Waals surface area (Å²) in [6.07, 6.45) is 8.50. The number of benzene rings is 1. The van der Waals surface area contributed by atoms with Crippen LogP contribution in [0.1, 0.15) is 31.2 Å². The standard InChI is InChI=1S/C20H27N3O3.HI/c1-21-19(23-16-4-2-3-5-16)22-13-20(8-10-24-11-9-20)15-6-7-17-18(12-15)26-14-25-17;/h2-3,6-7,12,16H,4-5,8-11,13-14H2,1H3,(H2,21,22,23);1H. The van der Waals surface area contributed by atoms with Crippen molar-refractivity contribution >= 4 is 29.9 Å². The van der Waals surface area contributed by atoms with E-state index < -0.39 is 0 Å². The Hall–Kier alpha value is -1.48. The van der Waals surface area contributed by atoms with E-state index in [9.17, 15) is 0 Å². The van der Waals surface area contributed by atoms with Gasteiger partial charge in [-0.15, -0.1) is 24.0 Å². The zero-order valence-electron chi connectivity index (χ0n) is 15.7. The van der Waals surface area contributed by atoms with E-state index in [1.165, 1.54) is 5.56 Å². The predicted molar refractivity (Wildman–Crippen MR) is 116 cm³/mol. The van der Waals surface area contributed by atoms with Crippen molar-refractivity contribution in [2.75, 3.05) is 33.6 Å². The zero-order valence-corrected chi connectivity index (χ0v) is 18.0. The van der Waals surface area contributed by atoms with Gasteiger partial charge in [0.15, 0.2) is 17.5 Å². The largest absolute Gasteiger partial charge is 0.454 e. The van der Waals surface area contributed by atoms with Gasteiger partial charge in [-0.25, -0.2) is 0 Å². The highest BCUT2D eigenvalue weighted by molar-refractivity contribution is 14.0. The van der Waals surface area contributed by atoms with Crippen LogP contribution >= 0.6 is 24.0 Å². The van der Waals surface area contributed by atoms with E-state index in [1.54, 1.807) is 0 Å². The Morgan fingerprint density at radius 3 is 2.63 bits per heavy atom. The molecule has 1 aromatic carbocycles. The highest BCUT2D eigenvalue weighted by atomic mass is 127. The summed E-state index contributed by atoms with van der Waals surface area (Å²) >= 11 is 0. The van der Waals surface area contributed by atoms with E-state index in [-0.39, 0.29) is 29.4 Å². The molecule has 0 unspecified atom stereocenters. The third kappa shape index (κ3) is 4.51. The second-order valence-electron chi connectivity index (χ2n) is 7.17. The number of guanidine groups is 1. The molecule has 0 bridgehead atoms. The SMILES string of the molecule is CN=C(NCC1(c2ccc3c(c2)OCO3)CCOCC1)NC1CC=CC1.I. The van der Waals surface area contributed by atoms with Crippen LogP contribution in [0.15, 0.2) is 35.3 Å². The van der Waals surface area contributed by atoms with Crippen molar-refractivity contribution in [3.63, 3.8) is 0 Å². The second kappa shape index (κ2) is 9.14. The fourth-order valence-corrected chi connectivity index (χ4v) is 3.93. The second-order valence-corrected chi connectivity index (χ2v) is 7.17. The molecule has 1 aromatic rings. The molecule has 4 rings (SSSR count). The normalized spacial score (nSPS) is 21.0. The maximum atomic E-state index is 5.64. The van der Waals surface area contributed by atoms with E-state index in [4.69, 9.17) is 14.2 Å². The first kappa shape index (κ1) is 20.3. The molecule has 2 N–H and O–H groups in total. The molecule has 0 atom stereocenters. The van der Waals surface area contributed by atoms with Gasteiger partial charge in [0.25, 0.3) is 0 Å². The average molecular weight is 485 g/mol. The molecule has 148 valence electrons. The summed E-state index contributed by atoms with van der Waals surface area (Å²) < 4.78 is 16.7. The zero-order chi connectivity index (χ0) is 17.8. The summed E-state index contributed by atoms with van der Waals surface area (Å²) in [6.45, 7) is 2.67. The van der Waals surface area contributed by atoms with Crippen LogP contribution in [-0.2, 0) is 10.2 Å². The minimum atomic E-state index is 0. The fourth-order valence-electron chi connectivity index (χ4n) is 3.93. The summed E-state index contributed by atoms with van der Waals surface area (Å²) in [6, 6.07) is 6.76. The van der Waals surface area contributed by atoms with Crippen molar-refractivity contribution in [2.24, 2.45) is 4.99 Å². The number of ether oxygens (including phenoxy) is 3. The van der Waals surface area contributed by atoms with E-state index in [0.717, 1.165) is 62.9 Å². The summed E-state index contributed by atoms with van der Waals surface area (Å²) in [5.41, 5.74) is 1.28. The van der Waals surface area contributed by atoms with Crippen molar-refractivity contribution in [3.8, 4) is 11.5 Å². The van der Waals surface area contributed by atoms with Crippen LogP contribution in [-0.4, -0.2) is 45.6 Å². The first-order valence-corrected chi connectivity index (χ1v) is 9.39. The Morgan fingerprint density at radius 2 is 1.89 bits per heavy atom. The lowest BCUT2D eigenvalue weighted by molar-refractivity contribution is 0.0513. The predicted octanol–water partition coefficient (Wildman–Crippen LogP) is 2.97. The topological polar surface area (TPSA) is 64.1 Å². The van der Waals surface area contributed by atoms with Gasteiger partial charge < -0.3 is 24.8 Å². The van der Waals surface area contributed by atoms with Crippen LogP contribution in [0.2, 0.25) is 0 Å². The van der Waals surface area contributed by atoms with Crippen molar-refractivity contribution in [2.45, 2.75) is 37.1 Å². The molecule has 1 saturated heterocycles. The van der Waals surface area contributed by atoms with E-state index in [1.807, 2.05) is 13.1 Å². The molecule has 7 heteroatoms. The third-order valence-corrected chi connectivity index (χ3v) is 5.60. The first-order valence-electron chi connectivity index (χ1n) is 9.39. The summed E-state index contributed by atoms with van der Waals surface area (Å²) in [5, 5.41) is 7.07. The van der Waals surface area contributed by atoms with Crippen molar-refractivity contribution in [3.05, 3.63) is 35.9 Å². The molecule has 0 radical (unpaired) electrons. The Kier molecular flexibility index (Phi) is 6.86. The van der Waals surface area contributed by atoms with Gasteiger partial charge >= 0.3 is 0 Å². The summed E-state index contributed by atoms with van der Waals surface area (Å²) in [4.78, 5) is 4.41. The van der Waals surface area contributed by atoms with E-state index >= 15 is 0 Å². The van der Waals surface area contributed by atoms with Crippen LogP contribution in [0, 0.1) is 0 Å². The third-order valence-electron chi connectivity index (χ3n) is 5.60. The van der Waals surface area contributed by atoms with Gasteiger partial charge in [-0.05, 0) is 43.4 Å². The van der Waals surface area contributed by atoms with Gasteiger partial charge in [0, 0.05) is 38.3 Å². The number of nitrogens with zero attached hydrogens (tertiary/aromatic N) is 1. The Bertz CT molecular complexity index is 694. The van der Waals surface area contributed by atoms with E-state index in [0.29, 0.717) is 12.8 Å². The van der Waals surface area contributed by atoms with Crippen molar-refractivity contribution in [1.29, 1.82) is 0 Å². The van der Waals surface area contributed by atoms with Gasteiger partial charge in [0.1, 0.15) is 0 Å². The number of hydrogen-bond donors (Lipinski definition) is 2. The molecular formula is C20H28IN3O3. The van der Waals surface area contributed by atoms with Gasteiger partial charge in [-0.2, -0.15) is 0 Å². The molecule has 3 aliphatic rings. The average Bonchev–Trinajstić information content (AvgIpc) is 3.36. The molecule has 2 heterocycles. The summed E-state index contributed by atoms with van der Waals surface area (Å²) in [7, 11) is 1.83. The monoisotopic (exact) mass is 485 g/mol. The first-order chi connectivity index (χ1) is 12.8. The molecule has 1 fully saturated rings. The van der Waals surface area contributed by atoms with Crippen LogP contribution in [0.5, 0.6) is 11.5 Å². The van der Waals surface area contributed by atoms with Crippen LogP contribution in [0.3, 0.4) is 0 Å². The highest BCUT2D eigenvalue weighted by Crippen LogP contribution is 2.40. The lowest BCUT2D eigenvalue weighted by atomic mass is 9.74. The number of hydrogen-bond acceptors (Lipinski definition) is 4. The molecular weight excluding hydrogens is 457 g/mol. The molecule has 0 spiro atoms. The smallest absolute Gasteiger partial charge is 0.231 e. The van der Waals surface area contributed by atoms with E-state index in [2.05, 4.69) is 39.9 Å². The van der Waals surface area contributed by atoms with Gasteiger partial charge in [-0.1, -0.05) is 18.2 Å². The summed E-state index contributed by atoms with van der Waals surface area (Å²) in [5.74, 6) is 2.54. The van der Waals surface area contributed by atoms with Crippen molar-refractivity contribution < 1.29 is 14.2 Å². The number of fused-ring (bicyclic) bond motifs is 1. The Balaban J connectivity index is 0.00000210. The van der Waals surface area contributed by atoms with Crippen LogP contribution in [0.25, 0.3) is 0 Å². The lowest BCUT2D eigenvalue weighted by Gasteiger charge is -2.38. The van der Waals surface area contributed by atoms with Crippen LogP contribution < -0.4 is 20.1 Å². The maximum absolute atomic E-state index is 5.64. The maximum Gasteiger partial charge on any atom is 0.231 e. The molecule has 2 aliphatic heterocycles. The van der Waals surface area contributed by atoms with Gasteiger partial charge in [0.2, 0.25) is 6.79 Å². The minimum Gasteiger partial charge on any atom is -0.454 e. The van der Waals surface area contributed by atoms with Crippen LogP contribution in [0.4, 0.5) is 0 Å². The Labute approximate surface area is 177 Å². The lowest BCUT2D eigenvalue weighted by Crippen LogP contribution is -2.49. The quantitative estimate of drug-likeness (QED) is 0.297. The number of halogens is 1. The highest BCUT2D eigenvalue weighted by Gasteiger charge is 2.36. The number of nitrogens with one attached hydrogen (secondary N) is 2. The Morgan fingerprint density at radius 1 is 1.15 bits per heavy atom. The molecule has 27 heavy (non-hydrogen) atoms. The molecule has 6 nitrogen and oxygen atoms in total. The molecule has 0 aromatic heterocycles. The fraction of sp³-hybridized carbons (Fsp3) is 0.550. The van der Waals surface area contributed by atoms with Gasteiger partial charge in [-0.3, -0.25) is 4.99 Å². The minimum absolute atomic E-state index is 0. The number of rotatable bonds is 4. The molecule has 0 saturated carbocycles. The van der Waals surface area contributed by atoms with Crippen molar-refractivity contribution in [1.82, 2.24) is 10.6 Å². The van der Waals surface area contributed by atoms with Gasteiger partial charge in [0.05, 0.1) is 0 Å². The molecule has 0 amide bonds.